The minimum absolute atomic E-state index is 0.0656. The van der Waals surface area contributed by atoms with Gasteiger partial charge in [-0.05, 0) is 30.3 Å². The molecule has 0 saturated carbocycles. The molecule has 0 spiro atoms. The van der Waals surface area contributed by atoms with Crippen LogP contribution in [0.4, 0.5) is 26.3 Å². The van der Waals surface area contributed by atoms with Crippen molar-refractivity contribution in [3.63, 3.8) is 0 Å². The van der Waals surface area contributed by atoms with Gasteiger partial charge in [0.25, 0.3) is 0 Å². The molecule has 0 radical (unpaired) electrons. The number of alkyl halides is 3. The van der Waals surface area contributed by atoms with Crippen LogP contribution in [0.25, 0.3) is 11.4 Å². The molecule has 2 N–H and O–H groups in total. The quantitative estimate of drug-likeness (QED) is 0.502. The van der Waals surface area contributed by atoms with Gasteiger partial charge < -0.3 is 4.57 Å². The van der Waals surface area contributed by atoms with Gasteiger partial charge in [-0.2, -0.15) is 13.2 Å². The number of nitrogens with two attached hydrogens (primary N) is 1. The fourth-order valence-corrected chi connectivity index (χ4v) is 3.08. The highest BCUT2D eigenvalue weighted by atomic mass is 32.2. The third-order valence-corrected chi connectivity index (χ3v) is 4.87. The van der Waals surface area contributed by atoms with Gasteiger partial charge in [0.1, 0.15) is 11.6 Å². The highest BCUT2D eigenvalue weighted by Crippen LogP contribution is 2.32. The van der Waals surface area contributed by atoms with Crippen LogP contribution in [0.1, 0.15) is 11.3 Å². The zero-order chi connectivity index (χ0) is 21.6. The molecule has 5 nitrogen and oxygen atoms in total. The second-order valence-electron chi connectivity index (χ2n) is 6.00. The molecule has 0 saturated heterocycles. The van der Waals surface area contributed by atoms with Crippen molar-refractivity contribution < 1.29 is 34.8 Å². The van der Waals surface area contributed by atoms with Gasteiger partial charge in [-0.15, -0.1) is 0 Å². The molecule has 3 aromatic rings. The molecule has 1 heterocycles. The van der Waals surface area contributed by atoms with E-state index in [1.54, 1.807) is 0 Å². The molecular weight excluding hydrogens is 424 g/mol. The first-order chi connectivity index (χ1) is 13.4. The Morgan fingerprint density at radius 2 is 1.55 bits per heavy atom. The van der Waals surface area contributed by atoms with E-state index in [1.165, 1.54) is 12.1 Å². The van der Waals surface area contributed by atoms with Crippen molar-refractivity contribution >= 4 is 10.0 Å². The molecular formula is C17H11F6N3O2S. The summed E-state index contributed by atoms with van der Waals surface area (Å²) in [7, 11) is -4.03. The molecule has 0 aliphatic carbocycles. The molecule has 0 unspecified atom stereocenters. The smallest absolute Gasteiger partial charge is 0.326 e. The van der Waals surface area contributed by atoms with Crippen molar-refractivity contribution in [3.8, 4) is 11.4 Å². The second kappa shape index (κ2) is 7.19. The summed E-state index contributed by atoms with van der Waals surface area (Å²) in [4.78, 5) is 3.20. The van der Waals surface area contributed by atoms with Crippen LogP contribution < -0.4 is 5.14 Å². The van der Waals surface area contributed by atoms with E-state index in [4.69, 9.17) is 5.14 Å². The number of halogens is 6. The van der Waals surface area contributed by atoms with Crippen LogP contribution in [0.5, 0.6) is 0 Å². The predicted octanol–water partition coefficient (Wildman–Crippen LogP) is 3.68. The maximum absolute atomic E-state index is 13.9. The normalized spacial score (nSPS) is 12.4. The standard InChI is InChI=1S/C17H11F6N3O2S/c18-12-6-14(20)13(19)5-10(12)7-26-8-15(17(21,22)23)25-16(26)9-1-3-11(4-2-9)29(24,27)28/h1-6,8H,7H2,(H2,24,27,28). The molecule has 0 amide bonds. The van der Waals surface area contributed by atoms with E-state index < -0.39 is 51.5 Å². The Labute approximate surface area is 160 Å². The van der Waals surface area contributed by atoms with E-state index in [0.29, 0.717) is 12.3 Å². The molecule has 29 heavy (non-hydrogen) atoms. The summed E-state index contributed by atoms with van der Waals surface area (Å²) in [6.45, 7) is -0.585. The number of hydrogen-bond donors (Lipinski definition) is 1. The number of rotatable bonds is 4. The van der Waals surface area contributed by atoms with Crippen LogP contribution in [0, 0.1) is 17.5 Å². The third-order valence-electron chi connectivity index (χ3n) is 3.94. The molecule has 12 heteroatoms. The Hall–Kier alpha value is -2.86. The van der Waals surface area contributed by atoms with Crippen LogP contribution in [0.15, 0.2) is 47.5 Å². The van der Waals surface area contributed by atoms with E-state index >= 15 is 0 Å². The predicted molar refractivity (Wildman–Crippen MR) is 89.5 cm³/mol. The number of imidazole rings is 1. The molecule has 0 aliphatic heterocycles. The number of nitrogens with zero attached hydrogens (tertiary/aromatic N) is 2. The van der Waals surface area contributed by atoms with Gasteiger partial charge in [0.05, 0.1) is 11.4 Å². The first-order valence-electron chi connectivity index (χ1n) is 7.77. The summed E-state index contributed by atoms with van der Waals surface area (Å²) in [5.41, 5.74) is -1.64. The van der Waals surface area contributed by atoms with Gasteiger partial charge in [0, 0.05) is 23.4 Å². The Bertz CT molecular complexity index is 1170. The summed E-state index contributed by atoms with van der Waals surface area (Å²) in [6.07, 6.45) is -4.24. The Kier molecular flexibility index (Phi) is 5.17. The molecule has 0 fully saturated rings. The van der Waals surface area contributed by atoms with Crippen LogP contribution >= 0.6 is 0 Å². The minimum atomic E-state index is -4.83. The zero-order valence-corrected chi connectivity index (χ0v) is 15.0. The van der Waals surface area contributed by atoms with Gasteiger partial charge in [0.2, 0.25) is 10.0 Å². The Morgan fingerprint density at radius 1 is 0.966 bits per heavy atom. The van der Waals surface area contributed by atoms with Crippen LogP contribution in [0.3, 0.4) is 0 Å². The maximum atomic E-state index is 13.9. The summed E-state index contributed by atoms with van der Waals surface area (Å²) >= 11 is 0. The van der Waals surface area contributed by atoms with Gasteiger partial charge >= 0.3 is 6.18 Å². The van der Waals surface area contributed by atoms with Crippen molar-refractivity contribution in [3.05, 3.63) is 71.3 Å². The Balaban J connectivity index is 2.10. The molecule has 0 aliphatic rings. The molecule has 0 bridgehead atoms. The minimum Gasteiger partial charge on any atom is -0.326 e. The third kappa shape index (κ3) is 4.43. The first kappa shape index (κ1) is 20.9. The summed E-state index contributed by atoms with van der Waals surface area (Å²) in [6, 6.07) is 5.28. The summed E-state index contributed by atoms with van der Waals surface area (Å²) in [5.74, 6) is -4.24. The molecule has 1 aromatic heterocycles. The first-order valence-corrected chi connectivity index (χ1v) is 9.32. The van der Waals surface area contributed by atoms with Crippen molar-refractivity contribution in [1.82, 2.24) is 9.55 Å². The fourth-order valence-electron chi connectivity index (χ4n) is 2.57. The summed E-state index contributed by atoms with van der Waals surface area (Å²) in [5, 5.41) is 4.98. The second-order valence-corrected chi connectivity index (χ2v) is 7.56. The van der Waals surface area contributed by atoms with E-state index in [-0.39, 0.29) is 22.3 Å². The lowest BCUT2D eigenvalue weighted by molar-refractivity contribution is -0.140. The van der Waals surface area contributed by atoms with Gasteiger partial charge in [-0.1, -0.05) is 0 Å². The lowest BCUT2D eigenvalue weighted by Crippen LogP contribution is -2.11. The lowest BCUT2D eigenvalue weighted by Gasteiger charge is -2.10. The van der Waals surface area contributed by atoms with Crippen molar-refractivity contribution in [2.75, 3.05) is 0 Å². The van der Waals surface area contributed by atoms with E-state index in [1.807, 2.05) is 0 Å². The van der Waals surface area contributed by atoms with Crippen LogP contribution in [-0.4, -0.2) is 18.0 Å². The van der Waals surface area contributed by atoms with Gasteiger partial charge in [0.15, 0.2) is 17.3 Å². The van der Waals surface area contributed by atoms with E-state index in [2.05, 4.69) is 4.98 Å². The van der Waals surface area contributed by atoms with Crippen molar-refractivity contribution in [1.29, 1.82) is 0 Å². The molecule has 0 atom stereocenters. The fraction of sp³-hybridized carbons (Fsp3) is 0.118. The number of hydrogen-bond acceptors (Lipinski definition) is 3. The van der Waals surface area contributed by atoms with E-state index in [9.17, 15) is 34.8 Å². The molecule has 2 aromatic carbocycles. The Morgan fingerprint density at radius 3 is 2.10 bits per heavy atom. The molecule has 3 rings (SSSR count). The van der Waals surface area contributed by atoms with Crippen molar-refractivity contribution in [2.45, 2.75) is 17.6 Å². The summed E-state index contributed by atoms with van der Waals surface area (Å²) < 4.78 is 103. The monoisotopic (exact) mass is 435 g/mol. The highest BCUT2D eigenvalue weighted by molar-refractivity contribution is 7.89. The lowest BCUT2D eigenvalue weighted by atomic mass is 10.1. The van der Waals surface area contributed by atoms with Gasteiger partial charge in [-0.3, -0.25) is 0 Å². The number of aromatic nitrogens is 2. The van der Waals surface area contributed by atoms with Gasteiger partial charge in [-0.25, -0.2) is 31.7 Å². The average Bonchev–Trinajstić information content (AvgIpc) is 3.03. The van der Waals surface area contributed by atoms with Crippen LogP contribution in [-0.2, 0) is 22.7 Å². The van der Waals surface area contributed by atoms with Crippen molar-refractivity contribution in [2.24, 2.45) is 5.14 Å². The topological polar surface area (TPSA) is 78.0 Å². The largest absolute Gasteiger partial charge is 0.434 e. The number of benzene rings is 2. The van der Waals surface area contributed by atoms with E-state index in [0.717, 1.165) is 16.7 Å². The number of primary sulfonamides is 1. The highest BCUT2D eigenvalue weighted by Gasteiger charge is 2.35. The average molecular weight is 435 g/mol. The SMILES string of the molecule is NS(=O)(=O)c1ccc(-c2nc(C(F)(F)F)cn2Cc2cc(F)c(F)cc2F)cc1. The number of sulfonamides is 1. The maximum Gasteiger partial charge on any atom is 0.434 e. The zero-order valence-electron chi connectivity index (χ0n) is 14.2. The molecule has 154 valence electrons. The van der Waals surface area contributed by atoms with Crippen LogP contribution in [0.2, 0.25) is 0 Å².